The van der Waals surface area contributed by atoms with Crippen molar-refractivity contribution in [2.45, 2.75) is 96.1 Å². The number of amides is 3. The van der Waals surface area contributed by atoms with Gasteiger partial charge in [-0.3, -0.25) is 4.79 Å². The molecule has 3 N–H and O–H groups in total. The van der Waals surface area contributed by atoms with Gasteiger partial charge in [0.15, 0.2) is 0 Å². The molecule has 2 fully saturated rings. The number of unbranched alkanes of at least 4 members (excludes halogenated alkanes) is 1. The van der Waals surface area contributed by atoms with Gasteiger partial charge in [-0.15, -0.1) is 0 Å². The summed E-state index contributed by atoms with van der Waals surface area (Å²) in [5.74, 6) is -0.456. The maximum Gasteiger partial charge on any atom is 0.317 e. The van der Waals surface area contributed by atoms with Gasteiger partial charge in [-0.1, -0.05) is 69.7 Å². The van der Waals surface area contributed by atoms with Gasteiger partial charge < -0.3 is 25.6 Å². The molecule has 1 aliphatic carbocycles. The Hall–Kier alpha value is -1.90. The Morgan fingerprint density at radius 3 is 2.59 bits per heavy atom. The van der Waals surface area contributed by atoms with Gasteiger partial charge in [0.05, 0.1) is 10.6 Å². The lowest BCUT2D eigenvalue weighted by atomic mass is 9.70. The van der Waals surface area contributed by atoms with Crippen molar-refractivity contribution < 1.29 is 18.7 Å². The highest BCUT2D eigenvalue weighted by atomic mass is 35.5. The monoisotopic (exact) mass is 594 g/mol. The summed E-state index contributed by atoms with van der Waals surface area (Å²) in [5.41, 5.74) is -0.607. The lowest BCUT2D eigenvalue weighted by Gasteiger charge is -2.47. The molecule has 0 spiro atoms. The Morgan fingerprint density at radius 2 is 1.90 bits per heavy atom. The summed E-state index contributed by atoms with van der Waals surface area (Å²) in [6.45, 7) is 6.05. The van der Waals surface area contributed by atoms with Gasteiger partial charge in [0.25, 0.3) is 0 Å². The largest absolute Gasteiger partial charge is 0.385 e. The third-order valence-corrected chi connectivity index (χ3v) is 9.29. The molecule has 9 heteroatoms. The molecule has 232 valence electrons. The van der Waals surface area contributed by atoms with Crippen LogP contribution in [0.25, 0.3) is 0 Å². The van der Waals surface area contributed by atoms with E-state index < -0.39 is 11.4 Å². The molecule has 1 aromatic carbocycles. The van der Waals surface area contributed by atoms with Crippen LogP contribution in [0, 0.1) is 23.6 Å². The smallest absolute Gasteiger partial charge is 0.317 e. The number of methoxy groups -OCH3 is 1. The minimum Gasteiger partial charge on any atom is -0.385 e. The van der Waals surface area contributed by atoms with E-state index in [0.717, 1.165) is 38.6 Å². The van der Waals surface area contributed by atoms with Crippen LogP contribution in [0.2, 0.25) is 5.02 Å². The van der Waals surface area contributed by atoms with E-state index in [1.54, 1.807) is 19.2 Å². The molecule has 1 unspecified atom stereocenters. The molecule has 1 saturated carbocycles. The van der Waals surface area contributed by atoms with Crippen LogP contribution in [-0.2, 0) is 15.1 Å². The first-order chi connectivity index (χ1) is 19.7. The van der Waals surface area contributed by atoms with Crippen molar-refractivity contribution in [3.63, 3.8) is 0 Å². The third kappa shape index (κ3) is 9.29. The number of nitrogens with one attached hydrogen (secondary N) is 3. The van der Waals surface area contributed by atoms with Crippen LogP contribution in [0.4, 0.5) is 9.18 Å². The van der Waals surface area contributed by atoms with E-state index in [1.165, 1.54) is 38.2 Å². The van der Waals surface area contributed by atoms with Crippen LogP contribution in [0.3, 0.4) is 0 Å². The van der Waals surface area contributed by atoms with Gasteiger partial charge in [0.2, 0.25) is 5.91 Å². The maximum atomic E-state index is 15.8. The Balaban J connectivity index is 1.88. The van der Waals surface area contributed by atoms with Crippen LogP contribution in [-0.4, -0.2) is 63.3 Å². The molecule has 41 heavy (non-hydrogen) atoms. The Morgan fingerprint density at radius 1 is 1.15 bits per heavy atom. The Labute approximate surface area is 251 Å². The number of benzene rings is 1. The molecular weight excluding hydrogens is 543 g/mol. The second kappa shape index (κ2) is 16.7. The molecule has 3 amide bonds. The average molecular weight is 595 g/mol. The fourth-order valence-electron chi connectivity index (χ4n) is 6.75. The first-order valence-corrected chi connectivity index (χ1v) is 16.0. The normalized spacial score (nSPS) is 20.5. The van der Waals surface area contributed by atoms with Crippen LogP contribution >= 0.6 is 11.6 Å². The maximum absolute atomic E-state index is 15.8. The van der Waals surface area contributed by atoms with Crippen molar-refractivity contribution in [2.24, 2.45) is 17.8 Å². The van der Waals surface area contributed by atoms with E-state index >= 15 is 4.39 Å². The zero-order valence-corrected chi connectivity index (χ0v) is 26.3. The number of urea groups is 1. The van der Waals surface area contributed by atoms with E-state index in [9.17, 15) is 9.59 Å². The molecule has 7 nitrogen and oxygen atoms in total. The van der Waals surface area contributed by atoms with Crippen LogP contribution in [0.1, 0.15) is 90.0 Å². The zero-order chi connectivity index (χ0) is 29.8. The number of rotatable bonds is 14. The van der Waals surface area contributed by atoms with Crippen LogP contribution in [0.15, 0.2) is 18.2 Å². The second-order valence-corrected chi connectivity index (χ2v) is 12.8. The van der Waals surface area contributed by atoms with Gasteiger partial charge in [-0.05, 0) is 57.6 Å². The minimum atomic E-state index is -1.00. The SMILES string of the molecule is CNCC(CC1CCCCC1)NC(=O)N1CCC[C@@H]([C@](CCCCOC)(NC(=O)C(C)C)c2cccc(Cl)c2F)C1. The summed E-state index contributed by atoms with van der Waals surface area (Å²) >= 11 is 6.30. The number of halogens is 2. The van der Waals surface area contributed by atoms with Crippen molar-refractivity contribution in [2.75, 3.05) is 40.4 Å². The quantitative estimate of drug-likeness (QED) is 0.223. The summed E-state index contributed by atoms with van der Waals surface area (Å²) in [5, 5.41) is 9.89. The van der Waals surface area contributed by atoms with Crippen molar-refractivity contribution in [3.8, 4) is 0 Å². The number of hydrogen-bond acceptors (Lipinski definition) is 4. The Kier molecular flexibility index (Phi) is 13.7. The average Bonchev–Trinajstić information content (AvgIpc) is 2.96. The number of carbonyl (C=O) groups is 2. The molecule has 3 rings (SSSR count). The summed E-state index contributed by atoms with van der Waals surface area (Å²) in [6, 6.07) is 4.99. The topological polar surface area (TPSA) is 82.7 Å². The molecule has 1 saturated heterocycles. The lowest BCUT2D eigenvalue weighted by molar-refractivity contribution is -0.127. The molecule has 1 aliphatic heterocycles. The number of piperidine rings is 1. The predicted octanol–water partition coefficient (Wildman–Crippen LogP) is 6.24. The summed E-state index contributed by atoms with van der Waals surface area (Å²) in [7, 11) is 3.59. The fourth-order valence-corrected chi connectivity index (χ4v) is 6.92. The predicted molar refractivity (Wildman–Crippen MR) is 164 cm³/mol. The van der Waals surface area contributed by atoms with Gasteiger partial charge >= 0.3 is 6.03 Å². The molecule has 0 bridgehead atoms. The fraction of sp³-hybridized carbons (Fsp3) is 0.750. The van der Waals surface area contributed by atoms with Crippen LogP contribution < -0.4 is 16.0 Å². The second-order valence-electron chi connectivity index (χ2n) is 12.4. The number of likely N-dealkylation sites (tertiary alicyclic amines) is 1. The Bertz CT molecular complexity index is 974. The molecular formula is C32H52ClFN4O3. The molecule has 1 aromatic rings. The number of carbonyl (C=O) groups excluding carboxylic acids is 2. The molecule has 3 atom stereocenters. The molecule has 2 aliphatic rings. The first-order valence-electron chi connectivity index (χ1n) is 15.7. The summed E-state index contributed by atoms with van der Waals surface area (Å²) in [4.78, 5) is 28.8. The zero-order valence-electron chi connectivity index (χ0n) is 25.6. The number of nitrogens with zero attached hydrogens (tertiary/aromatic N) is 1. The van der Waals surface area contributed by atoms with Gasteiger partial charge in [-0.2, -0.15) is 0 Å². The molecule has 0 radical (unpaired) electrons. The van der Waals surface area contributed by atoms with Crippen molar-refractivity contribution in [3.05, 3.63) is 34.6 Å². The number of likely N-dealkylation sites (N-methyl/N-ethyl adjacent to an activating group) is 1. The van der Waals surface area contributed by atoms with Gasteiger partial charge in [0, 0.05) is 56.8 Å². The minimum absolute atomic E-state index is 0.0330. The van der Waals surface area contributed by atoms with E-state index in [-0.39, 0.29) is 34.8 Å². The van der Waals surface area contributed by atoms with E-state index in [1.807, 2.05) is 25.8 Å². The van der Waals surface area contributed by atoms with Crippen molar-refractivity contribution in [1.82, 2.24) is 20.9 Å². The first kappa shape index (κ1) is 33.6. The van der Waals surface area contributed by atoms with Crippen molar-refractivity contribution >= 4 is 23.5 Å². The molecule has 1 heterocycles. The highest BCUT2D eigenvalue weighted by Crippen LogP contribution is 2.42. The summed E-state index contributed by atoms with van der Waals surface area (Å²) < 4.78 is 21.1. The third-order valence-electron chi connectivity index (χ3n) is 9.00. The van der Waals surface area contributed by atoms with E-state index in [0.29, 0.717) is 37.6 Å². The van der Waals surface area contributed by atoms with Gasteiger partial charge in [-0.25, -0.2) is 9.18 Å². The van der Waals surface area contributed by atoms with Crippen LogP contribution in [0.5, 0.6) is 0 Å². The van der Waals surface area contributed by atoms with Crippen molar-refractivity contribution in [1.29, 1.82) is 0 Å². The van der Waals surface area contributed by atoms with E-state index in [2.05, 4.69) is 16.0 Å². The molecule has 0 aromatic heterocycles. The standard InChI is InChI=1S/C32H52ClFN4O3/c1-23(2)30(39)37-32(17-8-9-19-41-4,27-15-10-16-28(33)29(27)34)25-14-11-18-38(22-25)31(40)36-26(21-35-3)20-24-12-6-5-7-13-24/h10,15-16,23-26,35H,5-9,11-14,17-22H2,1-4H3,(H,36,40)(H,37,39)/t25-,26?,32+/m1/s1. The highest BCUT2D eigenvalue weighted by molar-refractivity contribution is 6.30. The number of ether oxygens (including phenoxy) is 1. The highest BCUT2D eigenvalue weighted by Gasteiger charge is 2.46. The number of hydrogen-bond donors (Lipinski definition) is 3. The van der Waals surface area contributed by atoms with E-state index in [4.69, 9.17) is 16.3 Å². The summed E-state index contributed by atoms with van der Waals surface area (Å²) in [6.07, 6.45) is 10.9. The lowest BCUT2D eigenvalue weighted by Crippen LogP contribution is -2.59. The van der Waals surface area contributed by atoms with Gasteiger partial charge in [0.1, 0.15) is 5.82 Å².